The van der Waals surface area contributed by atoms with Crippen LogP contribution < -0.4 is 15.8 Å². The smallest absolute Gasteiger partial charge is 0.337 e. The summed E-state index contributed by atoms with van der Waals surface area (Å²) in [6.07, 6.45) is 8.13. The number of aliphatic hydroxyl groups is 1. The zero-order valence-corrected chi connectivity index (χ0v) is 17.6. The molecule has 31 heavy (non-hydrogen) atoms. The van der Waals surface area contributed by atoms with E-state index in [1.807, 2.05) is 0 Å². The lowest BCUT2D eigenvalue weighted by molar-refractivity contribution is -0.162. The van der Waals surface area contributed by atoms with Crippen LogP contribution in [0, 0.1) is 5.92 Å². The number of carboxylic acid groups (broad SMARTS) is 1. The Hall–Kier alpha value is -2.65. The third-order valence-corrected chi connectivity index (χ3v) is 5.75. The van der Waals surface area contributed by atoms with Crippen LogP contribution in [-0.2, 0) is 16.0 Å². The van der Waals surface area contributed by atoms with Crippen molar-refractivity contribution < 1.29 is 28.9 Å². The summed E-state index contributed by atoms with van der Waals surface area (Å²) in [4.78, 5) is 16.0. The molecule has 1 aromatic rings. The fourth-order valence-corrected chi connectivity index (χ4v) is 3.68. The van der Waals surface area contributed by atoms with Crippen molar-refractivity contribution in [2.75, 3.05) is 13.2 Å². The summed E-state index contributed by atoms with van der Waals surface area (Å²) in [6.45, 7) is 1.92. The summed E-state index contributed by atoms with van der Waals surface area (Å²) >= 11 is 0. The van der Waals surface area contributed by atoms with Crippen LogP contribution in [0.5, 0.6) is 5.75 Å². The minimum Gasteiger partial charge on any atom is -0.490 e. The molecule has 0 unspecified atom stereocenters. The number of rotatable bonds is 9. The van der Waals surface area contributed by atoms with Gasteiger partial charge >= 0.3 is 5.97 Å². The van der Waals surface area contributed by atoms with Crippen molar-refractivity contribution in [2.45, 2.75) is 56.8 Å². The molecule has 8 nitrogen and oxygen atoms in total. The first-order valence-electron chi connectivity index (χ1n) is 10.5. The highest BCUT2D eigenvalue weighted by atomic mass is 19.1. The topological polar surface area (TPSA) is 127 Å². The first-order chi connectivity index (χ1) is 14.8. The van der Waals surface area contributed by atoms with Crippen molar-refractivity contribution in [3.8, 4) is 5.75 Å². The van der Waals surface area contributed by atoms with Crippen molar-refractivity contribution in [3.63, 3.8) is 0 Å². The van der Waals surface area contributed by atoms with E-state index in [2.05, 4.69) is 17.2 Å². The van der Waals surface area contributed by atoms with Crippen molar-refractivity contribution in [1.29, 1.82) is 0 Å². The molecule has 9 heteroatoms. The number of pyridine rings is 1. The lowest BCUT2D eigenvalue weighted by Crippen LogP contribution is -2.57. The summed E-state index contributed by atoms with van der Waals surface area (Å²) < 4.78 is 24.5. The van der Waals surface area contributed by atoms with Gasteiger partial charge in [0.15, 0.2) is 11.5 Å². The van der Waals surface area contributed by atoms with E-state index in [0.29, 0.717) is 17.4 Å². The Morgan fingerprint density at radius 3 is 2.77 bits per heavy atom. The maximum atomic E-state index is 13.0. The highest BCUT2D eigenvalue weighted by molar-refractivity contribution is 5.78. The van der Waals surface area contributed by atoms with Crippen molar-refractivity contribution >= 4 is 5.97 Å². The second-order valence-corrected chi connectivity index (χ2v) is 8.30. The lowest BCUT2D eigenvalue weighted by atomic mass is 9.89. The zero-order chi connectivity index (χ0) is 22.4. The van der Waals surface area contributed by atoms with Crippen LogP contribution in [0.1, 0.15) is 38.3 Å². The van der Waals surface area contributed by atoms with E-state index >= 15 is 0 Å². The van der Waals surface area contributed by atoms with Gasteiger partial charge in [-0.3, -0.25) is 4.98 Å². The molecule has 0 saturated heterocycles. The fourth-order valence-electron chi connectivity index (χ4n) is 3.68. The molecule has 1 aliphatic heterocycles. The van der Waals surface area contributed by atoms with Gasteiger partial charge in [-0.05, 0) is 43.7 Å². The molecule has 1 saturated carbocycles. The molecule has 1 fully saturated rings. The summed E-state index contributed by atoms with van der Waals surface area (Å²) in [7, 11) is 0. The molecule has 0 amide bonds. The number of allylic oxidation sites excluding steroid dienone is 2. The average molecular weight is 435 g/mol. The van der Waals surface area contributed by atoms with Gasteiger partial charge in [0.25, 0.3) is 0 Å². The number of carbonyl (C=O) groups is 1. The summed E-state index contributed by atoms with van der Waals surface area (Å²) in [5, 5.41) is 23.2. The average Bonchev–Trinajstić information content (AvgIpc) is 2.75. The molecule has 0 bridgehead atoms. The highest BCUT2D eigenvalue weighted by Crippen LogP contribution is 2.28. The molecule has 0 spiro atoms. The first kappa shape index (κ1) is 23.0. The Morgan fingerprint density at radius 2 is 2.13 bits per heavy atom. The highest BCUT2D eigenvalue weighted by Gasteiger charge is 2.43. The molecule has 2 aliphatic rings. The van der Waals surface area contributed by atoms with E-state index in [9.17, 15) is 19.4 Å². The van der Waals surface area contributed by atoms with E-state index in [1.165, 1.54) is 18.3 Å². The number of aromatic nitrogens is 1. The SMILES string of the molecule is CC1CCC(Oc2ccnc(C[C@](O)(C(=O)O)[C@@H](N)COC3=CC=C(F)CN3)c2)CC1. The van der Waals surface area contributed by atoms with Gasteiger partial charge < -0.3 is 30.7 Å². The first-order valence-corrected chi connectivity index (χ1v) is 10.5. The molecule has 5 N–H and O–H groups in total. The molecule has 1 aromatic heterocycles. The largest absolute Gasteiger partial charge is 0.490 e. The Labute approximate surface area is 180 Å². The van der Waals surface area contributed by atoms with E-state index in [4.69, 9.17) is 15.2 Å². The van der Waals surface area contributed by atoms with E-state index in [0.717, 1.165) is 25.7 Å². The molecule has 0 radical (unpaired) electrons. The van der Waals surface area contributed by atoms with Gasteiger partial charge in [0.05, 0.1) is 18.7 Å². The number of aliphatic carboxylic acids is 1. The number of nitrogens with zero attached hydrogens (tertiary/aromatic N) is 1. The third kappa shape index (κ3) is 6.18. The Morgan fingerprint density at radius 1 is 1.39 bits per heavy atom. The summed E-state index contributed by atoms with van der Waals surface area (Å²) in [5.41, 5.74) is 4.03. The van der Waals surface area contributed by atoms with Gasteiger partial charge in [0, 0.05) is 30.5 Å². The fraction of sp³-hybridized carbons (Fsp3) is 0.545. The molecule has 2 atom stereocenters. The number of hydrogen-bond acceptors (Lipinski definition) is 7. The van der Waals surface area contributed by atoms with Gasteiger partial charge in [-0.15, -0.1) is 0 Å². The molecule has 170 valence electrons. The van der Waals surface area contributed by atoms with Crippen LogP contribution in [0.2, 0.25) is 0 Å². The maximum absolute atomic E-state index is 13.0. The Bertz CT molecular complexity index is 838. The number of ether oxygens (including phenoxy) is 2. The molecule has 1 aliphatic carbocycles. The predicted octanol–water partition coefficient (Wildman–Crippen LogP) is 2.04. The van der Waals surface area contributed by atoms with E-state index in [-0.39, 0.29) is 37.4 Å². The number of nitrogens with two attached hydrogens (primary N) is 1. The van der Waals surface area contributed by atoms with Crippen molar-refractivity contribution in [2.24, 2.45) is 11.7 Å². The number of halogens is 1. The summed E-state index contributed by atoms with van der Waals surface area (Å²) in [6, 6.07) is 2.10. The minimum absolute atomic E-state index is 0.0269. The number of carboxylic acids is 1. The summed E-state index contributed by atoms with van der Waals surface area (Å²) in [5.74, 6) is -0.284. The molecule has 0 aromatic carbocycles. The quantitative estimate of drug-likeness (QED) is 0.464. The van der Waals surface area contributed by atoms with Crippen LogP contribution in [0.25, 0.3) is 0 Å². The van der Waals surface area contributed by atoms with Gasteiger partial charge in [0.2, 0.25) is 0 Å². The standard InChI is InChI=1S/C22H30FN3O5/c1-14-2-5-17(6-3-14)31-18-8-9-25-16(10-18)11-22(29,21(27)28)19(24)13-30-20-7-4-15(23)12-26-20/h4,7-10,14,17,19,26,29H,2-3,5-6,11-13,24H2,1H3,(H,27,28)/t14?,17?,19-,22+/m0/s1. The van der Waals surface area contributed by atoms with Crippen molar-refractivity contribution in [1.82, 2.24) is 10.3 Å². The van der Waals surface area contributed by atoms with Gasteiger partial charge in [-0.1, -0.05) is 6.92 Å². The van der Waals surface area contributed by atoms with Crippen molar-refractivity contribution in [3.05, 3.63) is 47.9 Å². The zero-order valence-electron chi connectivity index (χ0n) is 17.6. The molecular formula is C22H30FN3O5. The number of dihydropyridines is 1. The third-order valence-electron chi connectivity index (χ3n) is 5.75. The van der Waals surface area contributed by atoms with Gasteiger partial charge in [0.1, 0.15) is 18.2 Å². The maximum Gasteiger partial charge on any atom is 0.337 e. The minimum atomic E-state index is -2.30. The lowest BCUT2D eigenvalue weighted by Gasteiger charge is -2.30. The van der Waals surface area contributed by atoms with Crippen LogP contribution in [0.4, 0.5) is 4.39 Å². The second-order valence-electron chi connectivity index (χ2n) is 8.30. The predicted molar refractivity (Wildman–Crippen MR) is 112 cm³/mol. The van der Waals surface area contributed by atoms with Crippen LogP contribution in [-0.4, -0.2) is 52.1 Å². The van der Waals surface area contributed by atoms with Crippen LogP contribution in [0.3, 0.4) is 0 Å². The molecule has 3 rings (SSSR count). The monoisotopic (exact) mass is 435 g/mol. The Kier molecular flexibility index (Phi) is 7.50. The van der Waals surface area contributed by atoms with Crippen LogP contribution >= 0.6 is 0 Å². The van der Waals surface area contributed by atoms with Crippen LogP contribution in [0.15, 0.2) is 42.2 Å². The Balaban J connectivity index is 1.63. The number of nitrogens with one attached hydrogen (secondary N) is 1. The van der Waals surface area contributed by atoms with E-state index < -0.39 is 17.6 Å². The number of hydrogen-bond donors (Lipinski definition) is 4. The second kappa shape index (κ2) is 10.1. The van der Waals surface area contributed by atoms with Gasteiger partial charge in [-0.2, -0.15) is 0 Å². The molecule has 2 heterocycles. The normalized spacial score (nSPS) is 24.1. The van der Waals surface area contributed by atoms with Gasteiger partial charge in [-0.25, -0.2) is 9.18 Å². The van der Waals surface area contributed by atoms with E-state index in [1.54, 1.807) is 12.1 Å². The molecular weight excluding hydrogens is 405 g/mol.